The Morgan fingerprint density at radius 3 is 2.68 bits per heavy atom. The normalized spacial score (nSPS) is 29.6. The van der Waals surface area contributed by atoms with Crippen molar-refractivity contribution in [3.05, 3.63) is 35.9 Å². The van der Waals surface area contributed by atoms with Gasteiger partial charge in [-0.2, -0.15) is 0 Å². The summed E-state index contributed by atoms with van der Waals surface area (Å²) in [6, 6.07) is 7.91. The highest BCUT2D eigenvalue weighted by Crippen LogP contribution is 2.38. The number of amides is 1. The maximum absolute atomic E-state index is 11.9. The van der Waals surface area contributed by atoms with Gasteiger partial charge in [0, 0.05) is 12.5 Å². The highest BCUT2D eigenvalue weighted by Gasteiger charge is 2.48. The SMILES string of the molecule is O=C(N[C@@H]1C[C@@H](I)[C@H]2C[C@@H]1C(=O)O2)OC(=O)c1ccccc1. The predicted molar refractivity (Wildman–Crippen MR) is 84.6 cm³/mol. The van der Waals surface area contributed by atoms with E-state index in [4.69, 9.17) is 9.47 Å². The van der Waals surface area contributed by atoms with Crippen molar-refractivity contribution in [1.82, 2.24) is 5.32 Å². The summed E-state index contributed by atoms with van der Waals surface area (Å²) < 4.78 is 10.2. The lowest BCUT2D eigenvalue weighted by molar-refractivity contribution is -0.143. The molecule has 0 unspecified atom stereocenters. The van der Waals surface area contributed by atoms with E-state index in [1.807, 2.05) is 0 Å². The van der Waals surface area contributed by atoms with E-state index in [2.05, 4.69) is 27.9 Å². The molecule has 6 nitrogen and oxygen atoms in total. The number of carbonyl (C=O) groups excluding carboxylic acids is 3. The van der Waals surface area contributed by atoms with E-state index in [0.29, 0.717) is 18.4 Å². The second-order valence-corrected chi connectivity index (χ2v) is 6.96. The van der Waals surface area contributed by atoms with Gasteiger partial charge in [0.05, 0.1) is 15.4 Å². The summed E-state index contributed by atoms with van der Waals surface area (Å²) in [5.41, 5.74) is 0.299. The highest BCUT2D eigenvalue weighted by atomic mass is 127. The summed E-state index contributed by atoms with van der Waals surface area (Å²) in [5.74, 6) is -1.36. The number of benzene rings is 1. The summed E-state index contributed by atoms with van der Waals surface area (Å²) in [7, 11) is 0. The van der Waals surface area contributed by atoms with E-state index < -0.39 is 12.1 Å². The van der Waals surface area contributed by atoms with Gasteiger partial charge in [-0.25, -0.2) is 9.59 Å². The fourth-order valence-electron chi connectivity index (χ4n) is 2.80. The summed E-state index contributed by atoms with van der Waals surface area (Å²) in [5, 5.41) is 2.62. The number of alkyl carbamates (subject to hydrolysis) is 1. The summed E-state index contributed by atoms with van der Waals surface area (Å²) in [4.78, 5) is 35.4. The molecule has 1 saturated carbocycles. The molecule has 22 heavy (non-hydrogen) atoms. The summed E-state index contributed by atoms with van der Waals surface area (Å²) in [6.07, 6.45) is 0.319. The maximum atomic E-state index is 11.9. The van der Waals surface area contributed by atoms with Crippen LogP contribution < -0.4 is 5.32 Å². The van der Waals surface area contributed by atoms with Gasteiger partial charge < -0.3 is 14.8 Å². The van der Waals surface area contributed by atoms with Gasteiger partial charge in [-0.15, -0.1) is 0 Å². The third kappa shape index (κ3) is 3.08. The minimum absolute atomic E-state index is 0.0712. The molecule has 0 radical (unpaired) electrons. The average Bonchev–Trinajstić information content (AvgIpc) is 2.84. The van der Waals surface area contributed by atoms with Crippen LogP contribution in [0.1, 0.15) is 23.2 Å². The Kier molecular flexibility index (Phi) is 4.32. The molecule has 1 N–H and O–H groups in total. The first-order chi connectivity index (χ1) is 10.5. The number of hydrogen-bond acceptors (Lipinski definition) is 5. The molecule has 1 aromatic rings. The molecule has 0 aromatic heterocycles. The van der Waals surface area contributed by atoms with Crippen LogP contribution in [0.4, 0.5) is 4.79 Å². The number of carbonyl (C=O) groups is 3. The maximum Gasteiger partial charge on any atom is 0.415 e. The van der Waals surface area contributed by atoms with E-state index in [9.17, 15) is 14.4 Å². The number of nitrogens with one attached hydrogen (secondary N) is 1. The van der Waals surface area contributed by atoms with Gasteiger partial charge in [0.25, 0.3) is 0 Å². The Labute approximate surface area is 140 Å². The summed E-state index contributed by atoms with van der Waals surface area (Å²) >= 11 is 2.22. The first-order valence-corrected chi connectivity index (χ1v) is 8.21. The molecule has 1 aliphatic carbocycles. The number of esters is 2. The van der Waals surface area contributed by atoms with Crippen LogP contribution >= 0.6 is 22.6 Å². The van der Waals surface area contributed by atoms with E-state index in [1.165, 1.54) is 0 Å². The largest absolute Gasteiger partial charge is 0.461 e. The molecule has 1 heterocycles. The lowest BCUT2D eigenvalue weighted by Crippen LogP contribution is -2.46. The topological polar surface area (TPSA) is 81.7 Å². The minimum Gasteiger partial charge on any atom is -0.461 e. The van der Waals surface area contributed by atoms with Crippen LogP contribution in [-0.4, -0.2) is 34.1 Å². The van der Waals surface area contributed by atoms with Crippen molar-refractivity contribution >= 4 is 40.6 Å². The molecule has 1 aromatic carbocycles. The molecule has 1 saturated heterocycles. The second-order valence-electron chi connectivity index (χ2n) is 5.36. The first-order valence-electron chi connectivity index (χ1n) is 6.97. The number of fused-ring (bicyclic) bond motifs is 2. The van der Waals surface area contributed by atoms with Crippen molar-refractivity contribution < 1.29 is 23.9 Å². The van der Waals surface area contributed by atoms with E-state index >= 15 is 0 Å². The van der Waals surface area contributed by atoms with Crippen molar-refractivity contribution in [3.8, 4) is 0 Å². The van der Waals surface area contributed by atoms with Crippen LogP contribution in [0.25, 0.3) is 0 Å². The number of rotatable bonds is 2. The highest BCUT2D eigenvalue weighted by molar-refractivity contribution is 14.1. The third-order valence-electron chi connectivity index (χ3n) is 3.92. The van der Waals surface area contributed by atoms with E-state index in [-0.39, 0.29) is 28.0 Å². The van der Waals surface area contributed by atoms with Crippen molar-refractivity contribution in [3.63, 3.8) is 0 Å². The molecular weight excluding hydrogens is 401 g/mol. The lowest BCUT2D eigenvalue weighted by Gasteiger charge is -2.28. The van der Waals surface area contributed by atoms with Gasteiger partial charge in [0.15, 0.2) is 0 Å². The number of hydrogen-bond donors (Lipinski definition) is 1. The van der Waals surface area contributed by atoms with Crippen LogP contribution in [0.15, 0.2) is 30.3 Å². The van der Waals surface area contributed by atoms with Crippen LogP contribution in [0.2, 0.25) is 0 Å². The molecule has 1 aliphatic heterocycles. The van der Waals surface area contributed by atoms with Crippen molar-refractivity contribution in [2.45, 2.75) is 28.9 Å². The third-order valence-corrected chi connectivity index (χ3v) is 5.23. The fraction of sp³-hybridized carbons (Fsp3) is 0.400. The van der Waals surface area contributed by atoms with Gasteiger partial charge in [-0.3, -0.25) is 4.79 Å². The second kappa shape index (κ2) is 6.23. The molecule has 0 spiro atoms. The molecule has 116 valence electrons. The summed E-state index contributed by atoms with van der Waals surface area (Å²) in [6.45, 7) is 0. The predicted octanol–water partition coefficient (Wildman–Crippen LogP) is 2.06. The zero-order valence-corrected chi connectivity index (χ0v) is 13.7. The van der Waals surface area contributed by atoms with Gasteiger partial charge in [-0.1, -0.05) is 40.8 Å². The molecular formula is C15H14INO5. The first kappa shape index (κ1) is 15.3. The fourth-order valence-corrected chi connectivity index (χ4v) is 3.79. The Balaban J connectivity index is 1.60. The zero-order valence-electron chi connectivity index (χ0n) is 11.5. The Morgan fingerprint density at radius 2 is 1.95 bits per heavy atom. The van der Waals surface area contributed by atoms with Gasteiger partial charge in [0.1, 0.15) is 6.10 Å². The molecule has 4 atom stereocenters. The molecule has 3 rings (SSSR count). The molecule has 1 amide bonds. The molecule has 2 bridgehead atoms. The standard InChI is InChI=1S/C15H14INO5/c16-10-7-11(9-6-12(10)21-14(9)19)17-15(20)22-13(18)8-4-2-1-3-5-8/h1-5,9-12H,6-7H2,(H,17,20)/t9-,10+,11+,12+/m0/s1. The molecule has 2 fully saturated rings. The van der Waals surface area contributed by atoms with E-state index in [0.717, 1.165) is 0 Å². The van der Waals surface area contributed by atoms with Crippen LogP contribution in [0.3, 0.4) is 0 Å². The smallest absolute Gasteiger partial charge is 0.415 e. The van der Waals surface area contributed by atoms with Gasteiger partial charge in [-0.05, 0) is 18.6 Å². The Hall–Kier alpha value is -1.64. The monoisotopic (exact) mass is 415 g/mol. The van der Waals surface area contributed by atoms with Gasteiger partial charge in [0.2, 0.25) is 0 Å². The van der Waals surface area contributed by atoms with Crippen LogP contribution in [0, 0.1) is 5.92 Å². The minimum atomic E-state index is -0.833. The molecule has 2 aliphatic rings. The Bertz CT molecular complexity index is 605. The molecule has 7 heteroatoms. The average molecular weight is 415 g/mol. The van der Waals surface area contributed by atoms with Gasteiger partial charge >= 0.3 is 18.0 Å². The lowest BCUT2D eigenvalue weighted by atomic mass is 9.85. The van der Waals surface area contributed by atoms with Crippen molar-refractivity contribution in [1.29, 1.82) is 0 Å². The van der Waals surface area contributed by atoms with Crippen LogP contribution in [-0.2, 0) is 14.3 Å². The van der Waals surface area contributed by atoms with E-state index in [1.54, 1.807) is 30.3 Å². The zero-order chi connectivity index (χ0) is 15.7. The Morgan fingerprint density at radius 1 is 1.23 bits per heavy atom. The van der Waals surface area contributed by atoms with Crippen molar-refractivity contribution in [2.24, 2.45) is 5.92 Å². The van der Waals surface area contributed by atoms with Crippen molar-refractivity contribution in [2.75, 3.05) is 0 Å². The quantitative estimate of drug-likeness (QED) is 0.346. The number of ether oxygens (including phenoxy) is 2. The number of halogens is 1. The van der Waals surface area contributed by atoms with Crippen LogP contribution in [0.5, 0.6) is 0 Å². The number of alkyl halides is 1.